The third-order valence-electron chi connectivity index (χ3n) is 2.77. The monoisotopic (exact) mass is 192 g/mol. The highest BCUT2D eigenvalue weighted by molar-refractivity contribution is 5.10. The summed E-state index contributed by atoms with van der Waals surface area (Å²) in [5.74, 6) is 0. The van der Waals surface area contributed by atoms with Crippen LogP contribution in [0.25, 0.3) is 0 Å². The molecule has 0 saturated carbocycles. The highest BCUT2D eigenvalue weighted by Crippen LogP contribution is 2.22. The Kier molecular flexibility index (Phi) is 3.06. The molecule has 1 aromatic heterocycles. The summed E-state index contributed by atoms with van der Waals surface area (Å²) >= 11 is 0. The number of hydrogen-bond acceptors (Lipinski definition) is 4. The van der Waals surface area contributed by atoms with E-state index in [1.807, 2.05) is 12.4 Å². The number of hydrogen-bond donors (Lipinski definition) is 1. The molecular formula is C10H16N4. The maximum absolute atomic E-state index is 5.79. The molecule has 4 nitrogen and oxygen atoms in total. The van der Waals surface area contributed by atoms with Crippen molar-refractivity contribution in [1.82, 2.24) is 14.9 Å². The van der Waals surface area contributed by atoms with Gasteiger partial charge in [0.05, 0.1) is 6.04 Å². The number of rotatable bonds is 3. The van der Waals surface area contributed by atoms with E-state index in [9.17, 15) is 0 Å². The average molecular weight is 192 g/mol. The van der Waals surface area contributed by atoms with Crippen LogP contribution >= 0.6 is 0 Å². The standard InChI is InChI=1S/C10H16N4/c11-5-10(14-3-1-2-4-14)9-6-12-8-13-7-9/h6-8,10H,1-5,11H2. The van der Waals surface area contributed by atoms with Crippen LogP contribution in [-0.2, 0) is 0 Å². The lowest BCUT2D eigenvalue weighted by atomic mass is 10.1. The fourth-order valence-corrected chi connectivity index (χ4v) is 2.03. The predicted octanol–water partition coefficient (Wildman–Crippen LogP) is 0.572. The Morgan fingerprint density at radius 2 is 1.93 bits per heavy atom. The topological polar surface area (TPSA) is 55.0 Å². The van der Waals surface area contributed by atoms with Crippen LogP contribution in [0.3, 0.4) is 0 Å². The summed E-state index contributed by atoms with van der Waals surface area (Å²) in [6, 6.07) is 0.304. The van der Waals surface area contributed by atoms with Crippen molar-refractivity contribution in [3.63, 3.8) is 0 Å². The van der Waals surface area contributed by atoms with Gasteiger partial charge in [-0.1, -0.05) is 0 Å². The van der Waals surface area contributed by atoms with Crippen molar-refractivity contribution in [3.8, 4) is 0 Å². The summed E-state index contributed by atoms with van der Waals surface area (Å²) in [4.78, 5) is 10.5. The molecule has 1 aliphatic heterocycles. The highest BCUT2D eigenvalue weighted by Gasteiger charge is 2.22. The zero-order valence-electron chi connectivity index (χ0n) is 8.26. The number of nitrogens with two attached hydrogens (primary N) is 1. The van der Waals surface area contributed by atoms with Crippen molar-refractivity contribution < 1.29 is 0 Å². The number of nitrogens with zero attached hydrogens (tertiary/aromatic N) is 3. The van der Waals surface area contributed by atoms with Crippen LogP contribution < -0.4 is 5.73 Å². The molecule has 1 aliphatic rings. The van der Waals surface area contributed by atoms with Crippen molar-refractivity contribution in [2.75, 3.05) is 19.6 Å². The molecule has 2 rings (SSSR count). The van der Waals surface area contributed by atoms with E-state index in [2.05, 4.69) is 14.9 Å². The molecule has 76 valence electrons. The molecule has 0 bridgehead atoms. The lowest BCUT2D eigenvalue weighted by Gasteiger charge is -2.25. The first kappa shape index (κ1) is 9.55. The van der Waals surface area contributed by atoms with Gasteiger partial charge < -0.3 is 5.73 Å². The quantitative estimate of drug-likeness (QED) is 0.760. The van der Waals surface area contributed by atoms with Gasteiger partial charge in [-0.2, -0.15) is 0 Å². The molecule has 0 spiro atoms. The van der Waals surface area contributed by atoms with E-state index in [4.69, 9.17) is 5.73 Å². The van der Waals surface area contributed by atoms with Crippen LogP contribution in [0.15, 0.2) is 18.7 Å². The fourth-order valence-electron chi connectivity index (χ4n) is 2.03. The highest BCUT2D eigenvalue weighted by atomic mass is 15.2. The van der Waals surface area contributed by atoms with Crippen LogP contribution in [0.4, 0.5) is 0 Å². The van der Waals surface area contributed by atoms with Crippen molar-refractivity contribution in [3.05, 3.63) is 24.3 Å². The van der Waals surface area contributed by atoms with Gasteiger partial charge in [0.2, 0.25) is 0 Å². The van der Waals surface area contributed by atoms with E-state index in [1.165, 1.54) is 12.8 Å². The molecule has 1 unspecified atom stereocenters. The zero-order chi connectivity index (χ0) is 9.80. The summed E-state index contributed by atoms with van der Waals surface area (Å²) in [6.07, 6.45) is 7.85. The van der Waals surface area contributed by atoms with Crippen LogP contribution in [0.5, 0.6) is 0 Å². The van der Waals surface area contributed by atoms with E-state index in [1.54, 1.807) is 6.33 Å². The minimum Gasteiger partial charge on any atom is -0.329 e. The second-order valence-corrected chi connectivity index (χ2v) is 3.67. The Balaban J connectivity index is 2.12. The molecule has 14 heavy (non-hydrogen) atoms. The zero-order valence-corrected chi connectivity index (χ0v) is 8.26. The van der Waals surface area contributed by atoms with Crippen molar-refractivity contribution in [2.45, 2.75) is 18.9 Å². The van der Waals surface area contributed by atoms with Crippen LogP contribution in [0, 0.1) is 0 Å². The lowest BCUT2D eigenvalue weighted by molar-refractivity contribution is 0.250. The summed E-state index contributed by atoms with van der Waals surface area (Å²) in [5, 5.41) is 0. The largest absolute Gasteiger partial charge is 0.329 e. The van der Waals surface area contributed by atoms with E-state index >= 15 is 0 Å². The van der Waals surface area contributed by atoms with Crippen molar-refractivity contribution in [1.29, 1.82) is 0 Å². The van der Waals surface area contributed by atoms with Gasteiger partial charge in [0.1, 0.15) is 6.33 Å². The minimum atomic E-state index is 0.304. The first-order valence-electron chi connectivity index (χ1n) is 5.11. The Morgan fingerprint density at radius 3 is 2.50 bits per heavy atom. The molecule has 0 amide bonds. The molecule has 0 aromatic carbocycles. The van der Waals surface area contributed by atoms with Gasteiger partial charge in [-0.15, -0.1) is 0 Å². The van der Waals surface area contributed by atoms with E-state index < -0.39 is 0 Å². The third kappa shape index (κ3) is 1.91. The summed E-state index contributed by atoms with van der Waals surface area (Å²) in [5.41, 5.74) is 6.92. The molecular weight excluding hydrogens is 176 g/mol. The second kappa shape index (κ2) is 4.48. The van der Waals surface area contributed by atoms with Gasteiger partial charge in [0.25, 0.3) is 0 Å². The van der Waals surface area contributed by atoms with Crippen molar-refractivity contribution >= 4 is 0 Å². The average Bonchev–Trinajstić information content (AvgIpc) is 2.74. The van der Waals surface area contributed by atoms with Gasteiger partial charge in [-0.25, -0.2) is 9.97 Å². The van der Waals surface area contributed by atoms with Gasteiger partial charge >= 0.3 is 0 Å². The summed E-state index contributed by atoms with van der Waals surface area (Å²) in [7, 11) is 0. The molecule has 0 radical (unpaired) electrons. The summed E-state index contributed by atoms with van der Waals surface area (Å²) < 4.78 is 0. The lowest BCUT2D eigenvalue weighted by Crippen LogP contribution is -2.31. The SMILES string of the molecule is NCC(c1cncnc1)N1CCCC1. The fraction of sp³-hybridized carbons (Fsp3) is 0.600. The molecule has 2 heterocycles. The van der Waals surface area contributed by atoms with Gasteiger partial charge in [-0.05, 0) is 25.9 Å². The molecule has 1 aromatic rings. The van der Waals surface area contributed by atoms with Crippen molar-refractivity contribution in [2.24, 2.45) is 5.73 Å². The van der Waals surface area contributed by atoms with Crippen LogP contribution in [-0.4, -0.2) is 34.5 Å². The van der Waals surface area contributed by atoms with E-state index in [-0.39, 0.29) is 0 Å². The molecule has 1 fully saturated rings. The van der Waals surface area contributed by atoms with E-state index in [0.29, 0.717) is 12.6 Å². The smallest absolute Gasteiger partial charge is 0.115 e. The first-order chi connectivity index (χ1) is 6.92. The normalized spacial score (nSPS) is 19.8. The molecule has 2 N–H and O–H groups in total. The second-order valence-electron chi connectivity index (χ2n) is 3.67. The Bertz CT molecular complexity index is 269. The third-order valence-corrected chi connectivity index (χ3v) is 2.77. The Hall–Kier alpha value is -1.00. The maximum atomic E-state index is 5.79. The van der Waals surface area contributed by atoms with Crippen LogP contribution in [0.1, 0.15) is 24.4 Å². The summed E-state index contributed by atoms with van der Waals surface area (Å²) in [6.45, 7) is 2.95. The maximum Gasteiger partial charge on any atom is 0.115 e. The molecule has 1 atom stereocenters. The predicted molar refractivity (Wildman–Crippen MR) is 54.6 cm³/mol. The molecule has 1 saturated heterocycles. The van der Waals surface area contributed by atoms with Gasteiger partial charge in [-0.3, -0.25) is 4.90 Å². The molecule has 4 heteroatoms. The first-order valence-corrected chi connectivity index (χ1v) is 5.11. The Labute approximate surface area is 84.2 Å². The number of likely N-dealkylation sites (tertiary alicyclic amines) is 1. The number of aromatic nitrogens is 2. The van der Waals surface area contributed by atoms with Gasteiger partial charge in [0, 0.05) is 24.5 Å². The minimum absolute atomic E-state index is 0.304. The van der Waals surface area contributed by atoms with Gasteiger partial charge in [0.15, 0.2) is 0 Å². The Morgan fingerprint density at radius 1 is 1.29 bits per heavy atom. The molecule has 0 aliphatic carbocycles. The van der Waals surface area contributed by atoms with Crippen LogP contribution in [0.2, 0.25) is 0 Å². The van der Waals surface area contributed by atoms with E-state index in [0.717, 1.165) is 18.7 Å².